The molecule has 3 rings (SSSR count). The van der Waals surface area contributed by atoms with Gasteiger partial charge in [0.2, 0.25) is 5.91 Å². The number of carbonyl (C=O) groups is 1. The molecule has 8 heteroatoms. The second-order valence-corrected chi connectivity index (χ2v) is 7.92. The number of nitrogens with one attached hydrogen (secondary N) is 1. The van der Waals surface area contributed by atoms with Crippen LogP contribution in [0.5, 0.6) is 11.5 Å². The summed E-state index contributed by atoms with van der Waals surface area (Å²) in [6.07, 6.45) is 1.31. The van der Waals surface area contributed by atoms with Gasteiger partial charge in [-0.2, -0.15) is 0 Å². The molecular weight excluding hydrogens is 368 g/mol. The number of ether oxygens (including phenoxy) is 2. The molecule has 144 valence electrons. The Morgan fingerprint density at radius 3 is 2.44 bits per heavy atom. The first-order chi connectivity index (χ1) is 12.9. The van der Waals surface area contributed by atoms with Gasteiger partial charge in [0.15, 0.2) is 0 Å². The largest absolute Gasteiger partial charge is 0.497 e. The summed E-state index contributed by atoms with van der Waals surface area (Å²) in [5.41, 5.74) is 1.58. The van der Waals surface area contributed by atoms with Crippen LogP contribution in [-0.4, -0.2) is 35.1 Å². The van der Waals surface area contributed by atoms with Gasteiger partial charge in [-0.25, -0.2) is 8.42 Å². The Morgan fingerprint density at radius 1 is 1.07 bits per heavy atom. The molecule has 1 N–H and O–H groups in total. The third-order valence-electron chi connectivity index (χ3n) is 4.47. The summed E-state index contributed by atoms with van der Waals surface area (Å²) in [6.45, 7) is 2.34. The van der Waals surface area contributed by atoms with Crippen LogP contribution in [0.1, 0.15) is 18.4 Å². The molecule has 0 aromatic heterocycles. The van der Waals surface area contributed by atoms with Gasteiger partial charge >= 0.3 is 0 Å². The number of sulfonamides is 1. The summed E-state index contributed by atoms with van der Waals surface area (Å²) >= 11 is 0. The third kappa shape index (κ3) is 3.85. The summed E-state index contributed by atoms with van der Waals surface area (Å²) < 4.78 is 38.6. The van der Waals surface area contributed by atoms with Crippen LogP contribution in [-0.2, 0) is 14.8 Å². The van der Waals surface area contributed by atoms with Crippen LogP contribution in [0.2, 0.25) is 0 Å². The maximum absolute atomic E-state index is 12.8. The minimum Gasteiger partial charge on any atom is -0.497 e. The number of hydrogen-bond donors (Lipinski definition) is 1. The number of carbonyl (C=O) groups excluding carboxylic acids is 1. The van der Waals surface area contributed by atoms with Gasteiger partial charge in [-0.1, -0.05) is 0 Å². The lowest BCUT2D eigenvalue weighted by molar-refractivity contribution is -0.117. The van der Waals surface area contributed by atoms with Crippen LogP contribution >= 0.6 is 0 Å². The van der Waals surface area contributed by atoms with Gasteiger partial charge in [0.1, 0.15) is 11.5 Å². The summed E-state index contributed by atoms with van der Waals surface area (Å²) in [7, 11) is -0.759. The number of rotatable bonds is 6. The van der Waals surface area contributed by atoms with Crippen LogP contribution in [0, 0.1) is 6.92 Å². The normalized spacial score (nSPS) is 14.3. The second-order valence-electron chi connectivity index (χ2n) is 6.27. The second kappa shape index (κ2) is 7.48. The van der Waals surface area contributed by atoms with Crippen molar-refractivity contribution in [2.24, 2.45) is 0 Å². The first-order valence-corrected chi connectivity index (χ1v) is 10.00. The van der Waals surface area contributed by atoms with Crippen molar-refractivity contribution in [1.29, 1.82) is 0 Å². The van der Waals surface area contributed by atoms with E-state index in [1.54, 1.807) is 42.2 Å². The van der Waals surface area contributed by atoms with E-state index in [1.807, 2.05) is 0 Å². The SMILES string of the molecule is COc1ccc(S(=O)(=O)Nc2ccc(N3CCCC3=O)c(OC)c2)c(C)c1. The Labute approximate surface area is 158 Å². The fourth-order valence-corrected chi connectivity index (χ4v) is 4.40. The van der Waals surface area contributed by atoms with E-state index in [2.05, 4.69) is 4.72 Å². The monoisotopic (exact) mass is 390 g/mol. The molecule has 2 aromatic carbocycles. The van der Waals surface area contributed by atoms with Gasteiger partial charge in [0, 0.05) is 19.0 Å². The predicted molar refractivity (Wildman–Crippen MR) is 103 cm³/mol. The first kappa shape index (κ1) is 19.0. The molecule has 1 aliphatic heterocycles. The zero-order valence-electron chi connectivity index (χ0n) is 15.5. The van der Waals surface area contributed by atoms with Crippen LogP contribution in [0.3, 0.4) is 0 Å². The number of amides is 1. The van der Waals surface area contributed by atoms with Gasteiger partial charge in [0.25, 0.3) is 10.0 Å². The van der Waals surface area contributed by atoms with Crippen molar-refractivity contribution in [1.82, 2.24) is 0 Å². The number of nitrogens with zero attached hydrogens (tertiary/aromatic N) is 1. The van der Waals surface area contributed by atoms with E-state index in [1.165, 1.54) is 20.3 Å². The highest BCUT2D eigenvalue weighted by Gasteiger charge is 2.25. The molecule has 0 radical (unpaired) electrons. The molecule has 0 aliphatic carbocycles. The van der Waals surface area contributed by atoms with Gasteiger partial charge in [-0.15, -0.1) is 0 Å². The number of benzene rings is 2. The molecule has 0 atom stereocenters. The molecule has 2 aromatic rings. The van der Waals surface area contributed by atoms with E-state index in [0.29, 0.717) is 41.4 Å². The predicted octanol–water partition coefficient (Wildman–Crippen LogP) is 2.94. The van der Waals surface area contributed by atoms with E-state index in [9.17, 15) is 13.2 Å². The molecule has 0 bridgehead atoms. The standard InChI is InChI=1S/C19H22N2O5S/c1-13-11-15(25-2)7-9-18(13)27(23,24)20-14-6-8-16(17(12-14)26-3)21-10-4-5-19(21)22/h6-9,11-12,20H,4-5,10H2,1-3H3. The van der Waals surface area contributed by atoms with Crippen molar-refractivity contribution in [2.75, 3.05) is 30.4 Å². The van der Waals surface area contributed by atoms with E-state index >= 15 is 0 Å². The zero-order chi connectivity index (χ0) is 19.6. The lowest BCUT2D eigenvalue weighted by atomic mass is 10.2. The average Bonchev–Trinajstić information content (AvgIpc) is 3.06. The number of hydrogen-bond acceptors (Lipinski definition) is 5. The Balaban J connectivity index is 1.90. The smallest absolute Gasteiger partial charge is 0.262 e. The van der Waals surface area contributed by atoms with E-state index in [-0.39, 0.29) is 10.8 Å². The fraction of sp³-hybridized carbons (Fsp3) is 0.316. The molecular formula is C19H22N2O5S. The molecule has 1 fully saturated rings. The molecule has 0 saturated carbocycles. The quantitative estimate of drug-likeness (QED) is 0.820. The first-order valence-electron chi connectivity index (χ1n) is 8.51. The van der Waals surface area contributed by atoms with Crippen molar-refractivity contribution in [3.8, 4) is 11.5 Å². The molecule has 1 saturated heterocycles. The lowest BCUT2D eigenvalue weighted by Gasteiger charge is -2.20. The van der Waals surface area contributed by atoms with Crippen molar-refractivity contribution < 1.29 is 22.7 Å². The minimum atomic E-state index is -3.78. The summed E-state index contributed by atoms with van der Waals surface area (Å²) in [6, 6.07) is 9.67. The molecule has 1 heterocycles. The number of anilines is 2. The molecule has 7 nitrogen and oxygen atoms in total. The lowest BCUT2D eigenvalue weighted by Crippen LogP contribution is -2.24. The molecule has 1 aliphatic rings. The Hall–Kier alpha value is -2.74. The van der Waals surface area contributed by atoms with Gasteiger partial charge in [-0.3, -0.25) is 9.52 Å². The Bertz CT molecular complexity index is 972. The molecule has 0 spiro atoms. The van der Waals surface area contributed by atoms with Crippen molar-refractivity contribution in [3.05, 3.63) is 42.0 Å². The topological polar surface area (TPSA) is 84.9 Å². The third-order valence-corrected chi connectivity index (χ3v) is 6.01. The Kier molecular flexibility index (Phi) is 5.27. The van der Waals surface area contributed by atoms with E-state index in [4.69, 9.17) is 9.47 Å². The Morgan fingerprint density at radius 2 is 1.85 bits per heavy atom. The molecule has 1 amide bonds. The van der Waals surface area contributed by atoms with E-state index in [0.717, 1.165) is 6.42 Å². The van der Waals surface area contributed by atoms with Crippen molar-refractivity contribution in [2.45, 2.75) is 24.7 Å². The highest BCUT2D eigenvalue weighted by atomic mass is 32.2. The van der Waals surface area contributed by atoms with E-state index < -0.39 is 10.0 Å². The fourth-order valence-electron chi connectivity index (χ4n) is 3.13. The maximum atomic E-state index is 12.8. The highest BCUT2D eigenvalue weighted by molar-refractivity contribution is 7.92. The van der Waals surface area contributed by atoms with Gasteiger partial charge in [-0.05, 0) is 49.2 Å². The summed E-state index contributed by atoms with van der Waals surface area (Å²) in [5.74, 6) is 1.07. The zero-order valence-corrected chi connectivity index (χ0v) is 16.3. The van der Waals surface area contributed by atoms with Crippen LogP contribution in [0.4, 0.5) is 11.4 Å². The average molecular weight is 390 g/mol. The minimum absolute atomic E-state index is 0.0375. The van der Waals surface area contributed by atoms with Crippen LogP contribution in [0.15, 0.2) is 41.3 Å². The van der Waals surface area contributed by atoms with Crippen LogP contribution < -0.4 is 19.1 Å². The van der Waals surface area contributed by atoms with Gasteiger partial charge < -0.3 is 14.4 Å². The van der Waals surface area contributed by atoms with Crippen molar-refractivity contribution >= 4 is 27.3 Å². The number of methoxy groups -OCH3 is 2. The number of aryl methyl sites for hydroxylation is 1. The van der Waals surface area contributed by atoms with Crippen LogP contribution in [0.25, 0.3) is 0 Å². The molecule has 0 unspecified atom stereocenters. The summed E-state index contributed by atoms with van der Waals surface area (Å²) in [5, 5.41) is 0. The maximum Gasteiger partial charge on any atom is 0.262 e. The molecule has 27 heavy (non-hydrogen) atoms. The summed E-state index contributed by atoms with van der Waals surface area (Å²) in [4.78, 5) is 13.8. The van der Waals surface area contributed by atoms with Crippen molar-refractivity contribution in [3.63, 3.8) is 0 Å². The highest BCUT2D eigenvalue weighted by Crippen LogP contribution is 2.34. The van der Waals surface area contributed by atoms with Gasteiger partial charge in [0.05, 0.1) is 30.5 Å².